The van der Waals surface area contributed by atoms with Crippen LogP contribution >= 0.6 is 0 Å². The van der Waals surface area contributed by atoms with Crippen molar-refractivity contribution in [3.8, 4) is 0 Å². The number of carbonyl (C=O) groups is 1. The van der Waals surface area contributed by atoms with Crippen molar-refractivity contribution >= 4 is 5.91 Å². The van der Waals surface area contributed by atoms with Gasteiger partial charge in [-0.25, -0.2) is 0 Å². The third-order valence-corrected chi connectivity index (χ3v) is 2.99. The number of nitrogens with zero attached hydrogens (tertiary/aromatic N) is 1. The Labute approximate surface area is 97.8 Å². The van der Waals surface area contributed by atoms with Crippen molar-refractivity contribution in [3.05, 3.63) is 0 Å². The lowest BCUT2D eigenvalue weighted by atomic mass is 10.1. The van der Waals surface area contributed by atoms with E-state index in [1.165, 1.54) is 0 Å². The van der Waals surface area contributed by atoms with Crippen LogP contribution in [0.15, 0.2) is 0 Å². The fraction of sp³-hybridized carbons (Fsp3) is 0.917. The zero-order chi connectivity index (χ0) is 11.8. The SMILES string of the molecule is NCCCCCCC(=O)N(CCO)C1CC1. The first kappa shape index (κ1) is 13.5. The van der Waals surface area contributed by atoms with E-state index in [1.807, 2.05) is 4.90 Å². The second-order valence-corrected chi connectivity index (χ2v) is 4.49. The van der Waals surface area contributed by atoms with Crippen molar-refractivity contribution in [1.82, 2.24) is 4.90 Å². The molecule has 3 N–H and O–H groups in total. The van der Waals surface area contributed by atoms with E-state index >= 15 is 0 Å². The molecular formula is C12H24N2O2. The van der Waals surface area contributed by atoms with E-state index in [1.54, 1.807) is 0 Å². The quantitative estimate of drug-likeness (QED) is 0.576. The van der Waals surface area contributed by atoms with Gasteiger partial charge in [-0.15, -0.1) is 0 Å². The lowest BCUT2D eigenvalue weighted by Gasteiger charge is -2.21. The first-order chi connectivity index (χ1) is 7.79. The van der Waals surface area contributed by atoms with Gasteiger partial charge in [-0.3, -0.25) is 4.79 Å². The summed E-state index contributed by atoms with van der Waals surface area (Å²) in [6.45, 7) is 1.33. The molecule has 0 saturated heterocycles. The van der Waals surface area contributed by atoms with Crippen molar-refractivity contribution in [2.24, 2.45) is 5.73 Å². The van der Waals surface area contributed by atoms with Gasteiger partial charge in [0.05, 0.1) is 6.61 Å². The molecule has 0 aliphatic heterocycles. The minimum absolute atomic E-state index is 0.0788. The normalized spacial score (nSPS) is 15.1. The number of hydrogen-bond acceptors (Lipinski definition) is 3. The minimum atomic E-state index is 0.0788. The van der Waals surface area contributed by atoms with Crippen molar-refractivity contribution < 1.29 is 9.90 Å². The molecule has 0 bridgehead atoms. The molecule has 16 heavy (non-hydrogen) atoms. The number of aliphatic hydroxyl groups excluding tert-OH is 1. The molecular weight excluding hydrogens is 204 g/mol. The van der Waals surface area contributed by atoms with Crippen LogP contribution < -0.4 is 5.73 Å². The second kappa shape index (κ2) is 7.63. The Balaban J connectivity index is 2.11. The van der Waals surface area contributed by atoms with E-state index in [9.17, 15) is 4.79 Å². The molecule has 1 saturated carbocycles. The number of carbonyl (C=O) groups excluding carboxylic acids is 1. The number of nitrogens with two attached hydrogens (primary N) is 1. The maximum absolute atomic E-state index is 11.8. The molecule has 1 amide bonds. The minimum Gasteiger partial charge on any atom is -0.395 e. The molecule has 1 rings (SSSR count). The molecule has 0 atom stereocenters. The summed E-state index contributed by atoms with van der Waals surface area (Å²) in [5, 5.41) is 8.90. The summed E-state index contributed by atoms with van der Waals surface area (Å²) in [6.07, 6.45) is 7.05. The molecule has 0 aromatic heterocycles. The maximum atomic E-state index is 11.8. The second-order valence-electron chi connectivity index (χ2n) is 4.49. The number of amides is 1. The van der Waals surface area contributed by atoms with E-state index in [4.69, 9.17) is 10.8 Å². The first-order valence-electron chi connectivity index (χ1n) is 6.40. The smallest absolute Gasteiger partial charge is 0.222 e. The summed E-state index contributed by atoms with van der Waals surface area (Å²) in [5.41, 5.74) is 5.40. The van der Waals surface area contributed by atoms with Crippen molar-refractivity contribution in [2.45, 2.75) is 51.0 Å². The van der Waals surface area contributed by atoms with Crippen molar-refractivity contribution in [2.75, 3.05) is 19.7 Å². The molecule has 1 aliphatic rings. The average Bonchev–Trinajstić information content (AvgIpc) is 3.09. The van der Waals surface area contributed by atoms with E-state index < -0.39 is 0 Å². The number of unbranched alkanes of at least 4 members (excludes halogenated alkanes) is 3. The van der Waals surface area contributed by atoms with Crippen molar-refractivity contribution in [3.63, 3.8) is 0 Å². The lowest BCUT2D eigenvalue weighted by molar-refractivity contribution is -0.132. The van der Waals surface area contributed by atoms with Crippen LogP contribution in [0.5, 0.6) is 0 Å². The number of aliphatic hydroxyl groups is 1. The lowest BCUT2D eigenvalue weighted by Crippen LogP contribution is -2.35. The highest BCUT2D eigenvalue weighted by Gasteiger charge is 2.31. The monoisotopic (exact) mass is 228 g/mol. The molecule has 0 unspecified atom stereocenters. The summed E-state index contributed by atoms with van der Waals surface area (Å²) in [4.78, 5) is 13.7. The highest BCUT2D eigenvalue weighted by molar-refractivity contribution is 5.76. The Morgan fingerprint density at radius 1 is 1.25 bits per heavy atom. The number of hydrogen-bond donors (Lipinski definition) is 2. The zero-order valence-electron chi connectivity index (χ0n) is 10.0. The van der Waals surface area contributed by atoms with E-state index in [0.29, 0.717) is 19.0 Å². The van der Waals surface area contributed by atoms with Gasteiger partial charge < -0.3 is 15.7 Å². The topological polar surface area (TPSA) is 66.6 Å². The first-order valence-corrected chi connectivity index (χ1v) is 6.40. The maximum Gasteiger partial charge on any atom is 0.222 e. The number of rotatable bonds is 9. The zero-order valence-corrected chi connectivity index (χ0v) is 10.0. The van der Waals surface area contributed by atoms with Gasteiger partial charge in [0.2, 0.25) is 5.91 Å². The molecule has 1 fully saturated rings. The molecule has 0 spiro atoms. The Morgan fingerprint density at radius 2 is 1.94 bits per heavy atom. The highest BCUT2D eigenvalue weighted by atomic mass is 16.3. The van der Waals surface area contributed by atoms with Gasteiger partial charge in [-0.05, 0) is 32.2 Å². The van der Waals surface area contributed by atoms with Crippen LogP contribution in [0.3, 0.4) is 0 Å². The molecule has 4 nitrogen and oxygen atoms in total. The Hall–Kier alpha value is -0.610. The fourth-order valence-electron chi connectivity index (χ4n) is 1.92. The largest absolute Gasteiger partial charge is 0.395 e. The van der Waals surface area contributed by atoms with Crippen molar-refractivity contribution in [1.29, 1.82) is 0 Å². The highest BCUT2D eigenvalue weighted by Crippen LogP contribution is 2.27. The molecule has 0 heterocycles. The van der Waals surface area contributed by atoms with Crippen LogP contribution in [0.1, 0.15) is 44.9 Å². The molecule has 0 aromatic rings. The predicted octanol–water partition coefficient (Wildman–Crippen LogP) is 0.879. The van der Waals surface area contributed by atoms with Crippen LogP contribution in [-0.2, 0) is 4.79 Å². The Bertz CT molecular complexity index is 205. The standard InChI is InChI=1S/C12H24N2O2/c13-8-4-2-1-3-5-12(16)14(9-10-15)11-6-7-11/h11,15H,1-10,13H2. The third-order valence-electron chi connectivity index (χ3n) is 2.99. The summed E-state index contributed by atoms with van der Waals surface area (Å²) < 4.78 is 0. The van der Waals surface area contributed by atoms with Gasteiger partial charge in [-0.1, -0.05) is 12.8 Å². The van der Waals surface area contributed by atoms with Gasteiger partial charge in [0.15, 0.2) is 0 Å². The molecule has 0 radical (unpaired) electrons. The summed E-state index contributed by atoms with van der Waals surface area (Å²) in [7, 11) is 0. The van der Waals surface area contributed by atoms with Crippen LogP contribution in [0.25, 0.3) is 0 Å². The molecule has 0 aromatic carbocycles. The molecule has 4 heteroatoms. The van der Waals surface area contributed by atoms with E-state index in [2.05, 4.69) is 0 Å². The van der Waals surface area contributed by atoms with Gasteiger partial charge in [0, 0.05) is 19.0 Å². The molecule has 1 aliphatic carbocycles. The third kappa shape index (κ3) is 4.94. The predicted molar refractivity (Wildman–Crippen MR) is 64.0 cm³/mol. The van der Waals surface area contributed by atoms with Gasteiger partial charge in [0.25, 0.3) is 0 Å². The van der Waals surface area contributed by atoms with Gasteiger partial charge in [0.1, 0.15) is 0 Å². The van der Waals surface area contributed by atoms with Crippen LogP contribution in [-0.4, -0.2) is 41.7 Å². The summed E-state index contributed by atoms with van der Waals surface area (Å²) in [5.74, 6) is 0.212. The van der Waals surface area contributed by atoms with Crippen LogP contribution in [0, 0.1) is 0 Å². The van der Waals surface area contributed by atoms with Crippen LogP contribution in [0.4, 0.5) is 0 Å². The van der Waals surface area contributed by atoms with E-state index in [-0.39, 0.29) is 12.5 Å². The van der Waals surface area contributed by atoms with Gasteiger partial charge in [-0.2, -0.15) is 0 Å². The fourth-order valence-corrected chi connectivity index (χ4v) is 1.92. The van der Waals surface area contributed by atoms with E-state index in [0.717, 1.165) is 45.1 Å². The summed E-state index contributed by atoms with van der Waals surface area (Å²) >= 11 is 0. The average molecular weight is 228 g/mol. The summed E-state index contributed by atoms with van der Waals surface area (Å²) in [6, 6.07) is 0.420. The molecule has 94 valence electrons. The van der Waals surface area contributed by atoms with Crippen LogP contribution in [0.2, 0.25) is 0 Å². The Morgan fingerprint density at radius 3 is 2.50 bits per heavy atom. The van der Waals surface area contributed by atoms with Gasteiger partial charge >= 0.3 is 0 Å². The Kier molecular flexibility index (Phi) is 6.42.